The van der Waals surface area contributed by atoms with Gasteiger partial charge in [-0.3, -0.25) is 4.79 Å². The van der Waals surface area contributed by atoms with Gasteiger partial charge in [-0.05, 0) is 47.8 Å². The van der Waals surface area contributed by atoms with Crippen LogP contribution < -0.4 is 0 Å². The Labute approximate surface area is 102 Å². The van der Waals surface area contributed by atoms with Crippen LogP contribution in [0.15, 0.2) is 22.9 Å². The molecule has 1 heterocycles. The summed E-state index contributed by atoms with van der Waals surface area (Å²) in [6.45, 7) is 1.59. The molecule has 1 aliphatic carbocycles. The number of benzene rings is 1. The summed E-state index contributed by atoms with van der Waals surface area (Å²) in [4.78, 5) is 15.8. The molecule has 4 heteroatoms. The molecule has 1 saturated carbocycles. The Hall–Kier alpha value is -1.16. The fraction of sp³-hybridized carbons (Fsp3) is 0.333. The summed E-state index contributed by atoms with van der Waals surface area (Å²) in [6.07, 6.45) is 4.31. The maximum absolute atomic E-state index is 11.5. The largest absolute Gasteiger partial charge is 0.327 e. The van der Waals surface area contributed by atoms with E-state index >= 15 is 0 Å². The van der Waals surface area contributed by atoms with E-state index in [-0.39, 0.29) is 5.78 Å². The summed E-state index contributed by atoms with van der Waals surface area (Å²) in [5, 5.41) is 0. The van der Waals surface area contributed by atoms with Crippen LogP contribution in [0.4, 0.5) is 0 Å². The van der Waals surface area contributed by atoms with Gasteiger partial charge in [-0.15, -0.1) is 0 Å². The number of ketones is 1. The summed E-state index contributed by atoms with van der Waals surface area (Å²) in [6, 6.07) is 4.45. The molecule has 0 N–H and O–H groups in total. The predicted molar refractivity (Wildman–Crippen MR) is 65.7 cm³/mol. The smallest absolute Gasteiger partial charge is 0.161 e. The number of rotatable bonds is 2. The van der Waals surface area contributed by atoms with E-state index in [0.717, 1.165) is 21.1 Å². The van der Waals surface area contributed by atoms with Crippen LogP contribution in [0.2, 0.25) is 0 Å². The number of carbonyl (C=O) groups is 1. The van der Waals surface area contributed by atoms with Crippen molar-refractivity contribution in [2.75, 3.05) is 0 Å². The fourth-order valence-corrected chi connectivity index (χ4v) is 2.57. The molecule has 0 bridgehead atoms. The maximum atomic E-state index is 11.5. The SMILES string of the molecule is CC(=O)c1cc2c(cc1Br)ncn2C1CC1. The van der Waals surface area contributed by atoms with Crippen molar-refractivity contribution in [1.82, 2.24) is 9.55 Å². The van der Waals surface area contributed by atoms with Crippen molar-refractivity contribution in [3.05, 3.63) is 28.5 Å². The second-order valence-corrected chi connectivity index (χ2v) is 5.11. The molecule has 1 aromatic heterocycles. The van der Waals surface area contributed by atoms with Gasteiger partial charge in [-0.1, -0.05) is 0 Å². The zero-order valence-corrected chi connectivity index (χ0v) is 10.5. The van der Waals surface area contributed by atoms with Gasteiger partial charge in [0.1, 0.15) is 0 Å². The summed E-state index contributed by atoms with van der Waals surface area (Å²) < 4.78 is 3.00. The molecular formula is C12H11BrN2O. The van der Waals surface area contributed by atoms with Crippen LogP contribution >= 0.6 is 15.9 Å². The second kappa shape index (κ2) is 3.42. The van der Waals surface area contributed by atoms with Gasteiger partial charge in [0, 0.05) is 16.1 Å². The number of halogens is 1. The van der Waals surface area contributed by atoms with Gasteiger partial charge >= 0.3 is 0 Å². The molecule has 3 nitrogen and oxygen atoms in total. The predicted octanol–water partition coefficient (Wildman–Crippen LogP) is 3.34. The number of hydrogen-bond acceptors (Lipinski definition) is 2. The third-order valence-electron chi connectivity index (χ3n) is 2.98. The van der Waals surface area contributed by atoms with Crippen LogP contribution in [0, 0.1) is 0 Å². The van der Waals surface area contributed by atoms with E-state index in [1.807, 2.05) is 18.5 Å². The molecule has 0 aliphatic heterocycles. The average Bonchev–Trinajstić information content (AvgIpc) is 2.99. The Kier molecular flexibility index (Phi) is 2.14. The van der Waals surface area contributed by atoms with Crippen LogP contribution in [0.3, 0.4) is 0 Å². The normalized spacial score (nSPS) is 15.6. The molecule has 0 saturated heterocycles. The maximum Gasteiger partial charge on any atom is 0.161 e. The average molecular weight is 279 g/mol. The van der Waals surface area contributed by atoms with E-state index in [0.29, 0.717) is 6.04 Å². The van der Waals surface area contributed by atoms with E-state index < -0.39 is 0 Å². The van der Waals surface area contributed by atoms with Gasteiger partial charge in [0.25, 0.3) is 0 Å². The van der Waals surface area contributed by atoms with Crippen molar-refractivity contribution in [1.29, 1.82) is 0 Å². The minimum atomic E-state index is 0.0809. The molecule has 0 spiro atoms. The Morgan fingerprint density at radius 3 is 2.88 bits per heavy atom. The Bertz CT molecular complexity index is 584. The second-order valence-electron chi connectivity index (χ2n) is 4.26. The van der Waals surface area contributed by atoms with Gasteiger partial charge in [-0.2, -0.15) is 0 Å². The molecule has 1 aliphatic rings. The number of fused-ring (bicyclic) bond motifs is 1. The minimum Gasteiger partial charge on any atom is -0.327 e. The van der Waals surface area contributed by atoms with E-state index in [1.54, 1.807) is 6.92 Å². The summed E-state index contributed by atoms with van der Waals surface area (Å²) >= 11 is 3.41. The van der Waals surface area contributed by atoms with E-state index in [1.165, 1.54) is 12.8 Å². The highest BCUT2D eigenvalue weighted by Gasteiger charge is 2.25. The zero-order valence-electron chi connectivity index (χ0n) is 8.90. The first-order valence-corrected chi connectivity index (χ1v) is 6.13. The highest BCUT2D eigenvalue weighted by Crippen LogP contribution is 2.37. The Morgan fingerprint density at radius 1 is 1.50 bits per heavy atom. The van der Waals surface area contributed by atoms with Crippen molar-refractivity contribution >= 4 is 32.7 Å². The quantitative estimate of drug-likeness (QED) is 0.790. The monoisotopic (exact) mass is 278 g/mol. The standard InChI is InChI=1S/C12H11BrN2O/c1-7(16)9-4-12-11(5-10(9)13)14-6-15(12)8-2-3-8/h4-6,8H,2-3H2,1H3. The summed E-state index contributed by atoms with van der Waals surface area (Å²) in [5.74, 6) is 0.0809. The number of nitrogens with zero attached hydrogens (tertiary/aromatic N) is 2. The van der Waals surface area contributed by atoms with E-state index in [9.17, 15) is 4.79 Å². The van der Waals surface area contributed by atoms with Crippen molar-refractivity contribution in [2.24, 2.45) is 0 Å². The Morgan fingerprint density at radius 2 is 2.25 bits per heavy atom. The molecule has 1 fully saturated rings. The third kappa shape index (κ3) is 1.48. The number of hydrogen-bond donors (Lipinski definition) is 0. The van der Waals surface area contributed by atoms with Crippen molar-refractivity contribution in [3.8, 4) is 0 Å². The minimum absolute atomic E-state index is 0.0809. The third-order valence-corrected chi connectivity index (χ3v) is 3.64. The number of carbonyl (C=O) groups excluding carboxylic acids is 1. The number of aromatic nitrogens is 2. The topological polar surface area (TPSA) is 34.9 Å². The van der Waals surface area contributed by atoms with Crippen LogP contribution in [0.5, 0.6) is 0 Å². The lowest BCUT2D eigenvalue weighted by Gasteiger charge is -2.04. The van der Waals surface area contributed by atoms with Crippen molar-refractivity contribution in [2.45, 2.75) is 25.8 Å². The molecular weight excluding hydrogens is 268 g/mol. The highest BCUT2D eigenvalue weighted by atomic mass is 79.9. The lowest BCUT2D eigenvalue weighted by atomic mass is 10.1. The van der Waals surface area contributed by atoms with Gasteiger partial charge in [0.05, 0.1) is 17.4 Å². The zero-order chi connectivity index (χ0) is 11.3. The molecule has 0 unspecified atom stereocenters. The van der Waals surface area contributed by atoms with Crippen molar-refractivity contribution in [3.63, 3.8) is 0 Å². The molecule has 3 rings (SSSR count). The summed E-state index contributed by atoms with van der Waals surface area (Å²) in [5.41, 5.74) is 2.74. The molecule has 82 valence electrons. The fourth-order valence-electron chi connectivity index (χ4n) is 1.96. The lowest BCUT2D eigenvalue weighted by molar-refractivity contribution is 0.101. The van der Waals surface area contributed by atoms with Gasteiger partial charge in [0.15, 0.2) is 5.78 Å². The number of imidazole rings is 1. The lowest BCUT2D eigenvalue weighted by Crippen LogP contribution is -1.96. The number of Topliss-reactive ketones (excluding diaryl/α,β-unsaturated/α-hetero) is 1. The van der Waals surface area contributed by atoms with Crippen LogP contribution in [-0.4, -0.2) is 15.3 Å². The van der Waals surface area contributed by atoms with Gasteiger partial charge < -0.3 is 4.57 Å². The van der Waals surface area contributed by atoms with E-state index in [2.05, 4.69) is 25.5 Å². The summed E-state index contributed by atoms with van der Waals surface area (Å²) in [7, 11) is 0. The van der Waals surface area contributed by atoms with Gasteiger partial charge in [-0.25, -0.2) is 4.98 Å². The Balaban J connectivity index is 2.26. The highest BCUT2D eigenvalue weighted by molar-refractivity contribution is 9.10. The first-order chi connectivity index (χ1) is 7.66. The first kappa shape index (κ1) is 10.0. The molecule has 16 heavy (non-hydrogen) atoms. The molecule has 2 aromatic rings. The van der Waals surface area contributed by atoms with E-state index in [4.69, 9.17) is 0 Å². The molecule has 0 atom stereocenters. The van der Waals surface area contributed by atoms with Crippen molar-refractivity contribution < 1.29 is 4.79 Å². The van der Waals surface area contributed by atoms with Crippen LogP contribution in [0.1, 0.15) is 36.2 Å². The first-order valence-electron chi connectivity index (χ1n) is 5.34. The molecule has 0 radical (unpaired) electrons. The van der Waals surface area contributed by atoms with Crippen LogP contribution in [-0.2, 0) is 0 Å². The van der Waals surface area contributed by atoms with Gasteiger partial charge in [0.2, 0.25) is 0 Å². The molecule has 1 aromatic carbocycles. The molecule has 0 amide bonds. The van der Waals surface area contributed by atoms with Crippen LogP contribution in [0.25, 0.3) is 11.0 Å².